The monoisotopic (exact) mass is 456 g/mol. The number of thiazole rings is 1. The molecule has 1 aromatic heterocycles. The van der Waals surface area contributed by atoms with E-state index in [9.17, 15) is 14.7 Å². The van der Waals surface area contributed by atoms with Crippen molar-refractivity contribution in [2.24, 2.45) is 0 Å². The van der Waals surface area contributed by atoms with Gasteiger partial charge in [0.2, 0.25) is 0 Å². The highest BCUT2D eigenvalue weighted by Crippen LogP contribution is 2.44. The number of nitrogens with zero attached hydrogens (tertiary/aromatic N) is 2. The van der Waals surface area contributed by atoms with Crippen LogP contribution in [-0.2, 0) is 9.59 Å². The van der Waals surface area contributed by atoms with Gasteiger partial charge in [-0.15, -0.1) is 0 Å². The number of hydrogen-bond acceptors (Lipinski definition) is 6. The van der Waals surface area contributed by atoms with Crippen molar-refractivity contribution in [2.45, 2.75) is 13.0 Å². The van der Waals surface area contributed by atoms with Gasteiger partial charge < -0.3 is 9.84 Å². The number of aryl methyl sites for hydroxylation is 1. The molecule has 0 spiro atoms. The number of aliphatic hydroxyl groups excluding tert-OH is 1. The van der Waals surface area contributed by atoms with Crippen LogP contribution < -0.4 is 9.64 Å². The summed E-state index contributed by atoms with van der Waals surface area (Å²) in [5.74, 6) is -1.11. The second-order valence-corrected chi connectivity index (χ2v) is 8.79. The number of rotatable bonds is 4. The Morgan fingerprint density at radius 3 is 2.52 bits per heavy atom. The van der Waals surface area contributed by atoms with Crippen LogP contribution in [0.4, 0.5) is 5.13 Å². The van der Waals surface area contributed by atoms with Crippen LogP contribution >= 0.6 is 11.3 Å². The number of aromatic nitrogens is 1. The number of hydrogen-bond donors (Lipinski definition) is 1. The van der Waals surface area contributed by atoms with E-state index in [4.69, 9.17) is 4.74 Å². The predicted octanol–water partition coefficient (Wildman–Crippen LogP) is 5.24. The van der Waals surface area contributed by atoms with Crippen LogP contribution in [0.2, 0.25) is 0 Å². The summed E-state index contributed by atoms with van der Waals surface area (Å²) in [4.78, 5) is 32.5. The van der Waals surface area contributed by atoms with E-state index in [0.29, 0.717) is 22.0 Å². The van der Waals surface area contributed by atoms with Crippen molar-refractivity contribution in [3.8, 4) is 5.75 Å². The molecule has 1 fully saturated rings. The molecule has 1 atom stereocenters. The van der Waals surface area contributed by atoms with Crippen molar-refractivity contribution >= 4 is 44.1 Å². The largest absolute Gasteiger partial charge is 0.507 e. The maximum Gasteiger partial charge on any atom is 0.301 e. The topological polar surface area (TPSA) is 79.7 Å². The lowest BCUT2D eigenvalue weighted by Gasteiger charge is -2.23. The molecule has 0 aliphatic carbocycles. The van der Waals surface area contributed by atoms with Crippen LogP contribution in [0.1, 0.15) is 22.7 Å². The Hall–Kier alpha value is -3.97. The van der Waals surface area contributed by atoms with Crippen molar-refractivity contribution in [1.29, 1.82) is 0 Å². The number of para-hydroxylation sites is 1. The Balaban J connectivity index is 1.74. The van der Waals surface area contributed by atoms with Crippen molar-refractivity contribution in [2.75, 3.05) is 12.0 Å². The molecule has 6 nitrogen and oxygen atoms in total. The molecule has 1 aliphatic heterocycles. The van der Waals surface area contributed by atoms with Crippen molar-refractivity contribution < 1.29 is 19.4 Å². The Bertz CT molecular complexity index is 1390. The van der Waals surface area contributed by atoms with Crippen LogP contribution in [0, 0.1) is 6.92 Å². The summed E-state index contributed by atoms with van der Waals surface area (Å²) in [5.41, 5.74) is 2.89. The Morgan fingerprint density at radius 1 is 1.03 bits per heavy atom. The summed E-state index contributed by atoms with van der Waals surface area (Å²) in [5, 5.41) is 11.6. The number of fused-ring (bicyclic) bond motifs is 1. The van der Waals surface area contributed by atoms with Crippen LogP contribution in [0.25, 0.3) is 16.0 Å². The van der Waals surface area contributed by atoms with Gasteiger partial charge in [-0.1, -0.05) is 65.4 Å². The van der Waals surface area contributed by atoms with Gasteiger partial charge in [-0.05, 0) is 36.8 Å². The second-order valence-electron chi connectivity index (χ2n) is 7.78. The molecule has 164 valence electrons. The first-order valence-electron chi connectivity index (χ1n) is 10.4. The molecule has 1 N–H and O–H groups in total. The number of methoxy groups -OCH3 is 1. The number of carbonyl (C=O) groups is 2. The van der Waals surface area contributed by atoms with Gasteiger partial charge in [-0.3, -0.25) is 14.5 Å². The normalized spacial score (nSPS) is 17.6. The van der Waals surface area contributed by atoms with Crippen LogP contribution in [0.5, 0.6) is 5.75 Å². The van der Waals surface area contributed by atoms with Gasteiger partial charge in [0.05, 0.1) is 28.9 Å². The van der Waals surface area contributed by atoms with Crippen molar-refractivity contribution in [1.82, 2.24) is 4.98 Å². The highest BCUT2D eigenvalue weighted by molar-refractivity contribution is 7.22. The maximum atomic E-state index is 13.3. The quantitative estimate of drug-likeness (QED) is 0.258. The third-order valence-corrected chi connectivity index (χ3v) is 6.70. The van der Waals surface area contributed by atoms with Gasteiger partial charge in [0.1, 0.15) is 11.5 Å². The van der Waals surface area contributed by atoms with E-state index >= 15 is 0 Å². The minimum Gasteiger partial charge on any atom is -0.507 e. The summed E-state index contributed by atoms with van der Waals surface area (Å²) in [6.07, 6.45) is 0. The first kappa shape index (κ1) is 20.9. The van der Waals surface area contributed by atoms with E-state index in [-0.39, 0.29) is 11.3 Å². The highest BCUT2D eigenvalue weighted by atomic mass is 32.1. The fraction of sp³-hybridized carbons (Fsp3) is 0.115. The first-order valence-corrected chi connectivity index (χ1v) is 11.2. The summed E-state index contributed by atoms with van der Waals surface area (Å²) in [6.45, 7) is 1.94. The molecule has 0 bridgehead atoms. The molecule has 4 aromatic rings. The molecule has 1 unspecified atom stereocenters. The van der Waals surface area contributed by atoms with Gasteiger partial charge in [0.15, 0.2) is 5.13 Å². The summed E-state index contributed by atoms with van der Waals surface area (Å²) < 4.78 is 6.27. The van der Waals surface area contributed by atoms with E-state index < -0.39 is 17.7 Å². The van der Waals surface area contributed by atoms with E-state index in [0.717, 1.165) is 15.8 Å². The third-order valence-electron chi connectivity index (χ3n) is 5.67. The fourth-order valence-electron chi connectivity index (χ4n) is 3.99. The molecule has 1 amide bonds. The molecule has 3 aromatic carbocycles. The predicted molar refractivity (Wildman–Crippen MR) is 129 cm³/mol. The average Bonchev–Trinajstić information content (AvgIpc) is 3.37. The van der Waals surface area contributed by atoms with Gasteiger partial charge in [-0.25, -0.2) is 4.98 Å². The standard InChI is InChI=1S/C26H20N2O4S/c1-15-10-12-16(13-11-15)23(29)21-22(17-6-5-7-18(14-17)32-2)28(25(31)24(21)30)26-27-19-8-3-4-9-20(19)33-26/h3-14,22,29H,1-2H3/b23-21-. The number of Topliss-reactive ketones (excluding diaryl/α,β-unsaturated/α-hetero) is 1. The molecular formula is C26H20N2O4S. The number of ketones is 1. The summed E-state index contributed by atoms with van der Waals surface area (Å²) in [6, 6.07) is 21.0. The lowest BCUT2D eigenvalue weighted by atomic mass is 9.95. The molecule has 0 saturated carbocycles. The van der Waals surface area contributed by atoms with Gasteiger partial charge in [-0.2, -0.15) is 0 Å². The van der Waals surface area contributed by atoms with Gasteiger partial charge in [0, 0.05) is 5.56 Å². The number of amides is 1. The van der Waals surface area contributed by atoms with Gasteiger partial charge in [0.25, 0.3) is 5.78 Å². The molecule has 1 saturated heterocycles. The van der Waals surface area contributed by atoms with E-state index in [1.54, 1.807) is 37.4 Å². The lowest BCUT2D eigenvalue weighted by Crippen LogP contribution is -2.29. The smallest absolute Gasteiger partial charge is 0.301 e. The molecule has 33 heavy (non-hydrogen) atoms. The zero-order chi connectivity index (χ0) is 23.1. The summed E-state index contributed by atoms with van der Waals surface area (Å²) in [7, 11) is 1.55. The average molecular weight is 457 g/mol. The van der Waals surface area contributed by atoms with E-state index in [2.05, 4.69) is 4.98 Å². The molecule has 5 rings (SSSR count). The molecule has 7 heteroatoms. The minimum absolute atomic E-state index is 0.0244. The zero-order valence-electron chi connectivity index (χ0n) is 18.0. The van der Waals surface area contributed by atoms with E-state index in [1.807, 2.05) is 49.4 Å². The molecule has 2 heterocycles. The lowest BCUT2D eigenvalue weighted by molar-refractivity contribution is -0.132. The second kappa shape index (κ2) is 8.18. The number of anilines is 1. The Morgan fingerprint density at radius 2 is 1.79 bits per heavy atom. The number of benzene rings is 3. The number of aliphatic hydroxyl groups is 1. The third kappa shape index (κ3) is 3.56. The SMILES string of the molecule is COc1cccc(C2/C(=C(/O)c3ccc(C)cc3)C(=O)C(=O)N2c2nc3ccccc3s2)c1. The van der Waals surface area contributed by atoms with Crippen molar-refractivity contribution in [3.63, 3.8) is 0 Å². The fourth-order valence-corrected chi connectivity index (χ4v) is 4.98. The maximum absolute atomic E-state index is 13.3. The van der Waals surface area contributed by atoms with Crippen LogP contribution in [-0.4, -0.2) is 28.9 Å². The molecular weight excluding hydrogens is 436 g/mol. The highest BCUT2D eigenvalue weighted by Gasteiger charge is 2.48. The summed E-state index contributed by atoms with van der Waals surface area (Å²) >= 11 is 1.33. The number of carbonyl (C=O) groups excluding carboxylic acids is 2. The molecule has 0 radical (unpaired) electrons. The zero-order valence-corrected chi connectivity index (χ0v) is 18.8. The molecule has 1 aliphatic rings. The number of ether oxygens (including phenoxy) is 1. The van der Waals surface area contributed by atoms with Crippen LogP contribution in [0.15, 0.2) is 78.4 Å². The Labute approximate surface area is 194 Å². The van der Waals surface area contributed by atoms with Crippen LogP contribution in [0.3, 0.4) is 0 Å². The first-order chi connectivity index (χ1) is 16.0. The van der Waals surface area contributed by atoms with E-state index in [1.165, 1.54) is 16.2 Å². The van der Waals surface area contributed by atoms with Crippen molar-refractivity contribution in [3.05, 3.63) is 95.1 Å². The Kier molecular flexibility index (Phi) is 5.18. The van der Waals surface area contributed by atoms with Gasteiger partial charge >= 0.3 is 5.91 Å². The minimum atomic E-state index is -0.845.